The zero-order valence-electron chi connectivity index (χ0n) is 48.0. The molecule has 6 aromatic heterocycles. The first-order valence-corrected chi connectivity index (χ1v) is 28.3. The van der Waals surface area contributed by atoms with Gasteiger partial charge < -0.3 is 13.9 Å². The van der Waals surface area contributed by atoms with Gasteiger partial charge in [0.05, 0.1) is 23.6 Å². The Labute approximate surface area is 591 Å². The first-order chi connectivity index (χ1) is 41.8. The van der Waals surface area contributed by atoms with Crippen molar-refractivity contribution in [3.63, 3.8) is 0 Å². The van der Waals surface area contributed by atoms with Gasteiger partial charge in [0.25, 0.3) is 0 Å². The predicted octanol–water partition coefficient (Wildman–Crippen LogP) is 19.2. The van der Waals surface area contributed by atoms with Crippen molar-refractivity contribution in [3.8, 4) is 0 Å². The Hall–Kier alpha value is -7.23. The van der Waals surface area contributed by atoms with Crippen molar-refractivity contribution in [2.75, 3.05) is 0 Å². The van der Waals surface area contributed by atoms with E-state index >= 15 is 0 Å². The molecule has 0 bridgehead atoms. The van der Waals surface area contributed by atoms with Crippen LogP contribution < -0.4 is 0 Å². The molecule has 0 fully saturated rings. The number of nitrogens with zero attached hydrogens (tertiary/aromatic N) is 4. The number of allylic oxidation sites excluding steroid dienone is 4. The Bertz CT molecular complexity index is 3190. The molecule has 423 valence electrons. The fourth-order valence-corrected chi connectivity index (χ4v) is 8.63. The Morgan fingerprint density at radius 3 is 1.08 bits per heavy atom. The number of benzene rings is 7. The van der Waals surface area contributed by atoms with Crippen molar-refractivity contribution in [2.45, 2.75) is 12.2 Å². The van der Waals surface area contributed by atoms with E-state index in [9.17, 15) is 0 Å². The van der Waals surface area contributed by atoms with Gasteiger partial charge in [0.1, 0.15) is 12.2 Å². The van der Waals surface area contributed by atoms with Gasteiger partial charge in [0.2, 0.25) is 0 Å². The van der Waals surface area contributed by atoms with Crippen molar-refractivity contribution in [1.82, 2.24) is 19.9 Å². The normalized spacial score (nSPS) is 14.8. The van der Waals surface area contributed by atoms with Crippen LogP contribution in [0.5, 0.6) is 0 Å². The van der Waals surface area contributed by atoms with Crippen LogP contribution >= 0.6 is 11.3 Å². The molecule has 2 aliphatic heterocycles. The molecule has 8 heterocycles. The average molecular weight is 1380 g/mol. The molecule has 7 nitrogen and oxygen atoms in total. The molecule has 0 N–H and O–H groups in total. The minimum atomic E-state index is 0. The van der Waals surface area contributed by atoms with Crippen LogP contribution in [0.15, 0.2) is 363 Å². The minimum absolute atomic E-state index is 0. The van der Waals surface area contributed by atoms with Crippen molar-refractivity contribution in [1.29, 1.82) is 0 Å². The SMILES string of the molecule is C1=CC2C=COC2C=C1.C1=CC2C=COC2C=C1.[Y].[Y].[Y].[c-]1ccccc1.[c-]1ccoc1.[c-]1ccsc1.c1ccc2ccccc2c1.c1ccc2cnccc2c1.c1ccc2cnccc2c1.c1ccc2ncccc2c1.c1ccc2ncccc2c1. The third-order valence-electron chi connectivity index (χ3n) is 12.5. The molecule has 3 radical (unpaired) electrons. The molecule has 0 saturated heterocycles. The first kappa shape index (κ1) is 70.5. The molecule has 11 heteroatoms. The Morgan fingerprint density at radius 1 is 0.345 bits per heavy atom. The number of hydrogen-bond donors (Lipinski definition) is 0. The average Bonchev–Trinajstić information content (AvgIpc) is 4.63. The second-order valence-corrected chi connectivity index (χ2v) is 19.0. The summed E-state index contributed by atoms with van der Waals surface area (Å²) in [5.41, 5.74) is 2.12. The van der Waals surface area contributed by atoms with Crippen LogP contribution in [0.25, 0.3) is 54.1 Å². The summed E-state index contributed by atoms with van der Waals surface area (Å²) in [6.07, 6.45) is 38.9. The van der Waals surface area contributed by atoms with Crippen LogP contribution in [0, 0.1) is 30.0 Å². The zero-order valence-corrected chi connectivity index (χ0v) is 57.4. The maximum Gasteiger partial charge on any atom is 0.126 e. The summed E-state index contributed by atoms with van der Waals surface area (Å²) in [5, 5.41) is 13.8. The minimum Gasteiger partial charge on any atom is -0.576 e. The summed E-state index contributed by atoms with van der Waals surface area (Å²) in [6.45, 7) is 0. The van der Waals surface area contributed by atoms with Crippen molar-refractivity contribution < 1.29 is 112 Å². The van der Waals surface area contributed by atoms with Crippen molar-refractivity contribution >= 4 is 65.5 Å². The van der Waals surface area contributed by atoms with E-state index in [1.54, 1.807) is 36.2 Å². The summed E-state index contributed by atoms with van der Waals surface area (Å²) in [7, 11) is 0. The second-order valence-electron chi connectivity index (χ2n) is 18.3. The van der Waals surface area contributed by atoms with Gasteiger partial charge in [-0.3, -0.25) is 31.3 Å². The molecule has 4 atom stereocenters. The number of rotatable bonds is 0. The van der Waals surface area contributed by atoms with Crippen LogP contribution in [-0.4, -0.2) is 32.1 Å². The van der Waals surface area contributed by atoms with Gasteiger partial charge in [-0.1, -0.05) is 188 Å². The molecule has 2 aliphatic carbocycles. The molecule has 4 aliphatic rings. The number of aromatic nitrogens is 4. The van der Waals surface area contributed by atoms with E-state index in [2.05, 4.69) is 188 Å². The molecule has 17 rings (SSSR count). The van der Waals surface area contributed by atoms with E-state index in [4.69, 9.17) is 9.47 Å². The molecule has 87 heavy (non-hydrogen) atoms. The summed E-state index contributed by atoms with van der Waals surface area (Å²) >= 11 is 1.66. The molecule has 0 saturated carbocycles. The van der Waals surface area contributed by atoms with Crippen LogP contribution in [-0.2, 0) is 108 Å². The third-order valence-corrected chi connectivity index (χ3v) is 13.0. The fourth-order valence-electron chi connectivity index (χ4n) is 8.23. The van der Waals surface area contributed by atoms with E-state index in [0.717, 1.165) is 11.0 Å². The fraction of sp³-hybridized carbons (Fsp3) is 0.0526. The first-order valence-electron chi connectivity index (χ1n) is 27.4. The summed E-state index contributed by atoms with van der Waals surface area (Å²) in [5.74, 6) is 0.991. The topological polar surface area (TPSA) is 83.2 Å². The number of ether oxygens (including phenoxy) is 2. The molecule has 0 amide bonds. The van der Waals surface area contributed by atoms with Crippen LogP contribution in [0.3, 0.4) is 0 Å². The van der Waals surface area contributed by atoms with Crippen LogP contribution in [0.1, 0.15) is 0 Å². The van der Waals surface area contributed by atoms with Gasteiger partial charge in [0.15, 0.2) is 0 Å². The molecule has 0 spiro atoms. The maximum absolute atomic E-state index is 5.24. The third kappa shape index (κ3) is 26.3. The monoisotopic (exact) mass is 1380 g/mol. The van der Waals surface area contributed by atoms with E-state index in [1.165, 1.54) is 49.4 Å². The van der Waals surface area contributed by atoms with Gasteiger partial charge in [-0.25, -0.2) is 18.2 Å². The van der Waals surface area contributed by atoms with Gasteiger partial charge in [-0.2, -0.15) is 47.8 Å². The number of pyridine rings is 4. The largest absolute Gasteiger partial charge is 0.576 e. The molecular formula is C76H63N4O3SY3-3. The van der Waals surface area contributed by atoms with Crippen molar-refractivity contribution in [3.05, 3.63) is 376 Å². The maximum atomic E-state index is 5.24. The second kappa shape index (κ2) is 43.4. The molecule has 7 aromatic carbocycles. The summed E-state index contributed by atoms with van der Waals surface area (Å²) < 4.78 is 15.0. The van der Waals surface area contributed by atoms with E-state index in [1.807, 2.05) is 181 Å². The quantitative estimate of drug-likeness (QED) is 0.140. The molecule has 13 aromatic rings. The van der Waals surface area contributed by atoms with E-state index < -0.39 is 0 Å². The van der Waals surface area contributed by atoms with E-state index in [-0.39, 0.29) is 110 Å². The Kier molecular flexibility index (Phi) is 35.2. The number of para-hydroxylation sites is 2. The van der Waals surface area contributed by atoms with Crippen LogP contribution in [0.2, 0.25) is 0 Å². The Morgan fingerprint density at radius 2 is 0.759 bits per heavy atom. The number of furan rings is 1. The smallest absolute Gasteiger partial charge is 0.126 e. The Balaban J connectivity index is 0.000000177. The summed E-state index contributed by atoms with van der Waals surface area (Å²) in [6, 6.07) is 82.9. The van der Waals surface area contributed by atoms with E-state index in [0.29, 0.717) is 11.8 Å². The number of fused-ring (bicyclic) bond motifs is 7. The molecular weight excluding hydrogens is 1320 g/mol. The zero-order chi connectivity index (χ0) is 57.6. The van der Waals surface area contributed by atoms with Crippen molar-refractivity contribution in [2.24, 2.45) is 11.8 Å². The summed E-state index contributed by atoms with van der Waals surface area (Å²) in [4.78, 5) is 16.4. The van der Waals surface area contributed by atoms with Gasteiger partial charge in [-0.05, 0) is 99.3 Å². The number of thiophene rings is 1. The molecule has 4 unspecified atom stereocenters. The number of hydrogen-bond acceptors (Lipinski definition) is 8. The standard InChI is InChI=1S/C10H8.4C9H7N.2C8H8O.C6H5.C4H3O.C4H3S.3Y/c1-2-6-10-8-4-3-7-9(10)5-1;2*1-2-6-9-8(4-1)5-3-7-10-9;2*1-2-4-9-7-10-6-5-8(9)3-1;2*1-2-4-8-7(3-1)5-6-9-8;1-2-4-6-5-3-1;2*1-2-4-5-3-1;;;/h1-8H;4*1-7H;2*1-8H;1-5H;2*1,3-4H;;;/q;;;;;;;3*-1;;;. The van der Waals surface area contributed by atoms with Gasteiger partial charge >= 0.3 is 0 Å². The van der Waals surface area contributed by atoms with Gasteiger partial charge in [-0.15, -0.1) is 5.38 Å². The predicted molar refractivity (Wildman–Crippen MR) is 348 cm³/mol. The van der Waals surface area contributed by atoms with Crippen LogP contribution in [0.4, 0.5) is 0 Å². The van der Waals surface area contributed by atoms with Gasteiger partial charge in [0, 0.05) is 158 Å².